The Hall–Kier alpha value is -3.82. The van der Waals surface area contributed by atoms with Crippen molar-refractivity contribution in [3.8, 4) is 5.75 Å². The van der Waals surface area contributed by atoms with Gasteiger partial charge >= 0.3 is 0 Å². The molecule has 4 heterocycles. The van der Waals surface area contributed by atoms with Crippen molar-refractivity contribution in [2.24, 2.45) is 0 Å². The second-order valence-electron chi connectivity index (χ2n) is 11.4. The molecule has 0 spiro atoms. The van der Waals surface area contributed by atoms with Crippen LogP contribution in [0.3, 0.4) is 0 Å². The number of benzene rings is 2. The Morgan fingerprint density at radius 2 is 1.76 bits per heavy atom. The van der Waals surface area contributed by atoms with Gasteiger partial charge in [0.2, 0.25) is 11.8 Å². The number of carbonyl (C=O) groups is 3. The second kappa shape index (κ2) is 13.9. The fraction of sp³-hybridized carbons (Fsp3) is 0.455. The van der Waals surface area contributed by atoms with Crippen LogP contribution >= 0.6 is 0 Å². The average molecular weight is 573 g/mol. The third kappa shape index (κ3) is 7.33. The molecule has 4 aliphatic rings. The number of phenols is 1. The number of hydrogen-bond donors (Lipinski definition) is 2. The molecule has 0 bridgehead atoms. The predicted molar refractivity (Wildman–Crippen MR) is 160 cm³/mol. The Morgan fingerprint density at radius 3 is 2.48 bits per heavy atom. The smallest absolute Gasteiger partial charge is 0.255 e. The molecule has 2 saturated heterocycles. The first kappa shape index (κ1) is 29.7. The molecule has 3 fully saturated rings. The van der Waals surface area contributed by atoms with Crippen LogP contribution in [0.15, 0.2) is 54.7 Å². The van der Waals surface area contributed by atoms with E-state index in [1.165, 1.54) is 79.6 Å². The molecule has 222 valence electrons. The van der Waals surface area contributed by atoms with E-state index in [-0.39, 0.29) is 30.5 Å². The van der Waals surface area contributed by atoms with E-state index in [1.807, 2.05) is 12.3 Å². The molecule has 3 aliphatic heterocycles. The molecule has 1 saturated carbocycles. The quantitative estimate of drug-likeness (QED) is 0.441. The molecule has 1 atom stereocenters. The lowest BCUT2D eigenvalue weighted by Gasteiger charge is -2.29. The number of rotatable bonds is 4. The predicted octanol–water partition coefficient (Wildman–Crippen LogP) is 4.56. The Balaban J connectivity index is 0.000000138. The number of nitrogens with one attached hydrogen (secondary N) is 1. The van der Waals surface area contributed by atoms with E-state index in [0.29, 0.717) is 23.7 Å². The van der Waals surface area contributed by atoms with Gasteiger partial charge in [-0.05, 0) is 92.7 Å². The van der Waals surface area contributed by atoms with E-state index in [4.69, 9.17) is 4.74 Å². The lowest BCUT2D eigenvalue weighted by atomic mass is 10.0. The molecule has 7 rings (SSSR count). The van der Waals surface area contributed by atoms with Gasteiger partial charge in [0.15, 0.2) is 0 Å². The number of hydrogen-bond acceptors (Lipinski definition) is 7. The number of imide groups is 1. The molecule has 1 unspecified atom stereocenters. The number of amides is 3. The van der Waals surface area contributed by atoms with Gasteiger partial charge in [-0.2, -0.15) is 0 Å². The zero-order chi connectivity index (χ0) is 29.5. The number of likely N-dealkylation sites (tertiary alicyclic amines) is 1. The Kier molecular flexibility index (Phi) is 9.81. The summed E-state index contributed by atoms with van der Waals surface area (Å²) in [7, 11) is 1.80. The second-order valence-corrected chi connectivity index (χ2v) is 11.4. The van der Waals surface area contributed by atoms with E-state index < -0.39 is 11.9 Å². The van der Waals surface area contributed by atoms with Crippen LogP contribution in [-0.2, 0) is 27.4 Å². The van der Waals surface area contributed by atoms with Crippen LogP contribution in [0, 0.1) is 0 Å². The van der Waals surface area contributed by atoms with Crippen LogP contribution in [0.5, 0.6) is 5.75 Å². The summed E-state index contributed by atoms with van der Waals surface area (Å²) in [5.41, 5.74) is 3.70. The summed E-state index contributed by atoms with van der Waals surface area (Å²) < 4.78 is 5.11. The normalized spacial score (nSPS) is 20.5. The first-order valence-electron chi connectivity index (χ1n) is 15.0. The molecular weight excluding hydrogens is 532 g/mol. The van der Waals surface area contributed by atoms with Crippen LogP contribution in [0.25, 0.3) is 10.9 Å². The van der Waals surface area contributed by atoms with Crippen LogP contribution < -0.4 is 5.32 Å². The number of piperidine rings is 1. The molecule has 0 radical (unpaired) electrons. The number of fused-ring (bicyclic) bond motifs is 2. The minimum atomic E-state index is -0.611. The average Bonchev–Trinajstić information content (AvgIpc) is 3.77. The van der Waals surface area contributed by atoms with E-state index in [9.17, 15) is 19.5 Å². The zero-order valence-corrected chi connectivity index (χ0v) is 24.3. The highest BCUT2D eigenvalue weighted by Gasteiger charge is 2.39. The van der Waals surface area contributed by atoms with Gasteiger partial charge in [0, 0.05) is 43.8 Å². The van der Waals surface area contributed by atoms with Gasteiger partial charge in [0.25, 0.3) is 5.91 Å². The summed E-state index contributed by atoms with van der Waals surface area (Å²) in [6.07, 6.45) is 11.1. The molecule has 9 nitrogen and oxygen atoms in total. The van der Waals surface area contributed by atoms with Crippen molar-refractivity contribution in [3.05, 3.63) is 71.4 Å². The third-order valence-electron chi connectivity index (χ3n) is 8.41. The highest BCUT2D eigenvalue weighted by molar-refractivity contribution is 6.05. The third-order valence-corrected chi connectivity index (χ3v) is 8.41. The van der Waals surface area contributed by atoms with Crippen molar-refractivity contribution in [1.29, 1.82) is 0 Å². The first-order chi connectivity index (χ1) is 20.4. The molecule has 2 aromatic carbocycles. The minimum Gasteiger partial charge on any atom is -0.508 e. The van der Waals surface area contributed by atoms with Gasteiger partial charge in [0.05, 0.1) is 11.6 Å². The van der Waals surface area contributed by atoms with Crippen molar-refractivity contribution >= 4 is 28.6 Å². The summed E-state index contributed by atoms with van der Waals surface area (Å²) >= 11 is 0. The summed E-state index contributed by atoms with van der Waals surface area (Å²) in [6.45, 7) is 3.88. The van der Waals surface area contributed by atoms with Crippen molar-refractivity contribution < 1.29 is 24.2 Å². The largest absolute Gasteiger partial charge is 0.508 e. The van der Waals surface area contributed by atoms with Gasteiger partial charge in [0.1, 0.15) is 11.8 Å². The maximum atomic E-state index is 12.2. The standard InChI is InChI=1S/C14H16N2.C13H12N2O4.C6H12O/c1-2-9-16(8-1)11-12-5-6-14-13(10-12)4-3-7-15-14;16-8-1-2-9-7(5-8)6-15(13(9)19)10-3-4-11(17)14-12(10)18;1-7-6-4-2-3-5-6/h3-7,10H,1-2,8-9,11H2;1-2,5,10,16H,3-4,6H2,(H,14,17,18);6H,2-5H2,1H3. The molecule has 2 N–H and O–H groups in total. The Bertz CT molecular complexity index is 1410. The van der Waals surface area contributed by atoms with Gasteiger partial charge < -0.3 is 14.7 Å². The lowest BCUT2D eigenvalue weighted by molar-refractivity contribution is -0.136. The SMILES string of the molecule is COC1CCCC1.O=C1CCC(N2Cc3cc(O)ccc3C2=O)C(=O)N1.c1cnc2ccc(CN3CCCC3)cc2c1. The van der Waals surface area contributed by atoms with E-state index in [0.717, 1.165) is 12.1 Å². The van der Waals surface area contributed by atoms with E-state index in [2.05, 4.69) is 39.5 Å². The summed E-state index contributed by atoms with van der Waals surface area (Å²) in [5.74, 6) is -0.870. The molecule has 3 aromatic rings. The van der Waals surface area contributed by atoms with E-state index >= 15 is 0 Å². The number of aromatic nitrogens is 1. The maximum absolute atomic E-state index is 12.2. The van der Waals surface area contributed by atoms with Crippen molar-refractivity contribution in [3.63, 3.8) is 0 Å². The number of ether oxygens (including phenoxy) is 1. The molecule has 42 heavy (non-hydrogen) atoms. The Labute approximate surface area is 246 Å². The van der Waals surface area contributed by atoms with Gasteiger partial charge in [-0.15, -0.1) is 0 Å². The number of nitrogens with zero attached hydrogens (tertiary/aromatic N) is 3. The van der Waals surface area contributed by atoms with Crippen LogP contribution in [0.2, 0.25) is 0 Å². The van der Waals surface area contributed by atoms with Crippen LogP contribution in [-0.4, -0.2) is 70.0 Å². The molecule has 1 aromatic heterocycles. The van der Waals surface area contributed by atoms with Gasteiger partial charge in [-0.3, -0.25) is 29.6 Å². The number of pyridine rings is 1. The van der Waals surface area contributed by atoms with Crippen LogP contribution in [0.1, 0.15) is 72.9 Å². The van der Waals surface area contributed by atoms with Crippen LogP contribution in [0.4, 0.5) is 0 Å². The summed E-state index contributed by atoms with van der Waals surface area (Å²) in [5, 5.41) is 12.9. The molecular formula is C33H40N4O5. The molecule has 9 heteroatoms. The summed E-state index contributed by atoms with van der Waals surface area (Å²) in [6, 6.07) is 14.6. The van der Waals surface area contributed by atoms with E-state index in [1.54, 1.807) is 13.2 Å². The first-order valence-corrected chi connectivity index (χ1v) is 15.0. The highest BCUT2D eigenvalue weighted by atomic mass is 16.5. The Morgan fingerprint density at radius 1 is 0.976 bits per heavy atom. The topological polar surface area (TPSA) is 112 Å². The fourth-order valence-electron chi connectivity index (χ4n) is 6.11. The summed E-state index contributed by atoms with van der Waals surface area (Å²) in [4.78, 5) is 43.4. The highest BCUT2D eigenvalue weighted by Crippen LogP contribution is 2.29. The zero-order valence-electron chi connectivity index (χ0n) is 24.3. The fourth-order valence-corrected chi connectivity index (χ4v) is 6.11. The lowest BCUT2D eigenvalue weighted by Crippen LogP contribution is -2.52. The van der Waals surface area contributed by atoms with Gasteiger partial charge in [-0.1, -0.05) is 25.0 Å². The number of methoxy groups -OCH3 is 1. The van der Waals surface area contributed by atoms with Crippen molar-refractivity contribution in [1.82, 2.24) is 20.1 Å². The minimum absolute atomic E-state index is 0.0941. The number of phenolic OH excluding ortho intramolecular Hbond substituents is 1. The number of aromatic hydroxyl groups is 1. The van der Waals surface area contributed by atoms with Gasteiger partial charge in [-0.25, -0.2) is 0 Å². The molecule has 3 amide bonds. The number of carbonyl (C=O) groups excluding carboxylic acids is 3. The van der Waals surface area contributed by atoms with Crippen molar-refractivity contribution in [2.75, 3.05) is 20.2 Å². The molecule has 1 aliphatic carbocycles. The monoisotopic (exact) mass is 572 g/mol. The van der Waals surface area contributed by atoms with Crippen molar-refractivity contribution in [2.45, 2.75) is 76.6 Å². The maximum Gasteiger partial charge on any atom is 0.255 e.